The maximum Gasteiger partial charge on any atom is 0.345 e. The molecule has 3 aromatic heterocycles. The van der Waals surface area contributed by atoms with Gasteiger partial charge in [0.1, 0.15) is 53.6 Å². The van der Waals surface area contributed by atoms with Crippen LogP contribution < -0.4 is 18.9 Å². The van der Waals surface area contributed by atoms with Gasteiger partial charge in [-0.3, -0.25) is 4.90 Å². The standard InChI is InChI=1S/C54H61Cl2FN6O9S/c1-32-44-33(2)48(56)49(47(32)55)71-41(27-63-19-17-62(3)18-20-63)30-69-40-13-14-42(70-29-39-15-16-58-51(61-39)36-7-5-34(6-8-36)28-68-24-23-67-22-21-66-4)37(25-40)26-43(54(64)65)72-52-46-45(44)50(73-53(46)60-31-59-52)35-9-11-38(57)12-10-35/h9-16,25,31,34,36,41,43H,5-8,17-24,26-30H2,1-4H3,(H,64,65)/t34-,36-,41?,43-/m1/s1. The number of rotatable bonds is 16. The van der Waals surface area contributed by atoms with Crippen molar-refractivity contribution in [3.05, 3.63) is 105 Å². The summed E-state index contributed by atoms with van der Waals surface area (Å²) in [6.07, 6.45) is 4.93. The van der Waals surface area contributed by atoms with Gasteiger partial charge in [-0.15, -0.1) is 11.3 Å². The van der Waals surface area contributed by atoms with E-state index >= 15 is 0 Å². The second-order valence-corrected chi connectivity index (χ2v) is 20.7. The van der Waals surface area contributed by atoms with Crippen molar-refractivity contribution in [2.75, 3.05) is 86.5 Å². The Balaban J connectivity index is 1.03. The van der Waals surface area contributed by atoms with Crippen LogP contribution in [0.25, 0.3) is 31.8 Å². The van der Waals surface area contributed by atoms with Gasteiger partial charge in [0.15, 0.2) is 5.75 Å². The molecule has 19 heteroatoms. The summed E-state index contributed by atoms with van der Waals surface area (Å²) in [7, 11) is 3.76. The van der Waals surface area contributed by atoms with Gasteiger partial charge in [-0.2, -0.15) is 0 Å². The second kappa shape index (κ2) is 24.4. The first-order chi connectivity index (χ1) is 35.4. The number of fused-ring (bicyclic) bond motifs is 7. The number of likely N-dealkylation sites (N-methyl/N-ethyl adjacent to an activating group) is 1. The molecule has 1 saturated heterocycles. The largest absolute Gasteiger partial charge is 0.490 e. The monoisotopic (exact) mass is 1060 g/mol. The van der Waals surface area contributed by atoms with Crippen molar-refractivity contribution < 1.29 is 47.4 Å². The maximum atomic E-state index is 14.4. The number of ether oxygens (including phenoxy) is 7. The average Bonchev–Trinajstić information content (AvgIpc) is 3.78. The van der Waals surface area contributed by atoms with Crippen LogP contribution in [0.2, 0.25) is 10.0 Å². The molecule has 15 nitrogen and oxygen atoms in total. The van der Waals surface area contributed by atoms with Gasteiger partial charge in [0.2, 0.25) is 12.0 Å². The third kappa shape index (κ3) is 12.7. The molecule has 3 aliphatic heterocycles. The molecule has 2 atom stereocenters. The van der Waals surface area contributed by atoms with Crippen LogP contribution in [-0.2, 0) is 32.0 Å². The van der Waals surface area contributed by atoms with Crippen LogP contribution in [0.1, 0.15) is 59.8 Å². The minimum Gasteiger partial charge on any atom is -0.490 e. The van der Waals surface area contributed by atoms with E-state index in [0.29, 0.717) is 127 Å². The molecule has 0 amide bonds. The fraction of sp³-hybridized carbons (Fsp3) is 0.463. The molecule has 3 aromatic carbocycles. The van der Waals surface area contributed by atoms with Crippen LogP contribution in [0, 0.1) is 25.6 Å². The lowest BCUT2D eigenvalue weighted by Gasteiger charge is -2.35. The number of nitrogens with zero attached hydrogens (tertiary/aromatic N) is 6. The Morgan fingerprint density at radius 3 is 2.37 bits per heavy atom. The summed E-state index contributed by atoms with van der Waals surface area (Å²) < 4.78 is 57.3. The first-order valence-electron chi connectivity index (χ1n) is 24.8. The number of hydrogen-bond acceptors (Lipinski definition) is 15. The van der Waals surface area contributed by atoms with E-state index < -0.39 is 24.0 Å². The maximum absolute atomic E-state index is 14.4. The molecule has 10 rings (SSSR count). The lowest BCUT2D eigenvalue weighted by Crippen LogP contribution is -2.49. The van der Waals surface area contributed by atoms with Gasteiger partial charge in [0.05, 0.1) is 47.6 Å². The van der Waals surface area contributed by atoms with Crippen molar-refractivity contribution in [2.24, 2.45) is 5.92 Å². The zero-order valence-corrected chi connectivity index (χ0v) is 43.9. The highest BCUT2D eigenvalue weighted by Gasteiger charge is 2.32. The Bertz CT molecular complexity index is 2830. The molecular weight excluding hydrogens is 999 g/mol. The number of methoxy groups -OCH3 is 1. The van der Waals surface area contributed by atoms with E-state index in [-0.39, 0.29) is 31.4 Å². The molecule has 4 bridgehead atoms. The van der Waals surface area contributed by atoms with Crippen LogP contribution in [0.15, 0.2) is 61.1 Å². The summed E-state index contributed by atoms with van der Waals surface area (Å²) in [4.78, 5) is 38.1. The van der Waals surface area contributed by atoms with Crippen molar-refractivity contribution in [3.63, 3.8) is 0 Å². The number of aliphatic carboxylic acids is 1. The van der Waals surface area contributed by atoms with Gasteiger partial charge in [0.25, 0.3) is 0 Å². The highest BCUT2D eigenvalue weighted by atomic mass is 35.5. The molecule has 388 valence electrons. The summed E-state index contributed by atoms with van der Waals surface area (Å²) in [6, 6.07) is 13.3. The minimum atomic E-state index is -1.46. The number of piperazine rings is 1. The molecule has 1 saturated carbocycles. The van der Waals surface area contributed by atoms with Crippen molar-refractivity contribution in [3.8, 4) is 44.7 Å². The van der Waals surface area contributed by atoms with Crippen LogP contribution in [0.4, 0.5) is 4.39 Å². The Morgan fingerprint density at radius 1 is 0.890 bits per heavy atom. The molecule has 1 aliphatic carbocycles. The van der Waals surface area contributed by atoms with E-state index in [1.807, 2.05) is 19.9 Å². The van der Waals surface area contributed by atoms with Crippen molar-refractivity contribution in [2.45, 2.75) is 70.7 Å². The van der Waals surface area contributed by atoms with Gasteiger partial charge in [-0.05, 0) is 111 Å². The van der Waals surface area contributed by atoms with Gasteiger partial charge >= 0.3 is 5.97 Å². The molecule has 0 spiro atoms. The molecule has 0 radical (unpaired) electrons. The van der Waals surface area contributed by atoms with Gasteiger partial charge in [-0.25, -0.2) is 29.1 Å². The van der Waals surface area contributed by atoms with E-state index in [0.717, 1.165) is 57.7 Å². The number of carbonyl (C=O) groups is 1. The molecule has 4 aliphatic rings. The second-order valence-electron chi connectivity index (χ2n) is 18.9. The Morgan fingerprint density at radius 2 is 1.63 bits per heavy atom. The Kier molecular flexibility index (Phi) is 17.6. The van der Waals surface area contributed by atoms with E-state index in [1.165, 1.54) is 29.8 Å². The average molecular weight is 1060 g/mol. The smallest absolute Gasteiger partial charge is 0.345 e. The SMILES string of the molecule is COCCOCCOC[C@H]1CC[C@H](c2nccc(COc3ccc4cc3C[C@H](C(=O)O)Oc3ncnc5sc(-c6ccc(F)cc6)c(c35)-c3c(C)c(Cl)c(c(Cl)c3C)OC(CN3CCN(C)CC3)CO4)n2)CC1. The first-order valence-corrected chi connectivity index (χ1v) is 26.3. The molecular formula is C54H61Cl2FN6O9S. The normalized spacial score (nSPS) is 19.8. The molecule has 6 heterocycles. The number of hydrogen-bond donors (Lipinski definition) is 1. The topological polar surface area (TPSA) is 160 Å². The Hall–Kier alpha value is -5.24. The predicted molar refractivity (Wildman–Crippen MR) is 278 cm³/mol. The van der Waals surface area contributed by atoms with Gasteiger partial charge in [-0.1, -0.05) is 35.3 Å². The third-order valence-electron chi connectivity index (χ3n) is 13.8. The zero-order chi connectivity index (χ0) is 51.0. The summed E-state index contributed by atoms with van der Waals surface area (Å²) in [6.45, 7) is 10.9. The van der Waals surface area contributed by atoms with Crippen molar-refractivity contribution in [1.29, 1.82) is 0 Å². The number of aromatic nitrogens is 4. The molecule has 2 fully saturated rings. The minimum absolute atomic E-state index is 0.0354. The third-order valence-corrected chi connectivity index (χ3v) is 15.9. The van der Waals surface area contributed by atoms with Crippen LogP contribution >= 0.6 is 34.5 Å². The van der Waals surface area contributed by atoms with Crippen LogP contribution in [0.5, 0.6) is 23.1 Å². The Labute approximate surface area is 438 Å². The van der Waals surface area contributed by atoms with Crippen molar-refractivity contribution >= 4 is 50.7 Å². The highest BCUT2D eigenvalue weighted by Crippen LogP contribution is 2.53. The number of benzene rings is 3. The summed E-state index contributed by atoms with van der Waals surface area (Å²) in [5.74, 6) is 1.10. The zero-order valence-electron chi connectivity index (χ0n) is 41.5. The van der Waals surface area contributed by atoms with Gasteiger partial charge < -0.3 is 43.2 Å². The van der Waals surface area contributed by atoms with E-state index in [4.69, 9.17) is 61.3 Å². The first kappa shape index (κ1) is 52.6. The van der Waals surface area contributed by atoms with E-state index in [2.05, 4.69) is 31.8 Å². The summed E-state index contributed by atoms with van der Waals surface area (Å²) in [5.41, 5.74) is 4.50. The quantitative estimate of drug-likeness (QED) is 0.0912. The van der Waals surface area contributed by atoms with E-state index in [1.54, 1.807) is 43.6 Å². The van der Waals surface area contributed by atoms with Crippen LogP contribution in [-0.4, -0.2) is 140 Å². The summed E-state index contributed by atoms with van der Waals surface area (Å²) >= 11 is 16.0. The number of carboxylic acids is 1. The lowest BCUT2D eigenvalue weighted by molar-refractivity contribution is -0.145. The molecule has 73 heavy (non-hydrogen) atoms. The van der Waals surface area contributed by atoms with E-state index in [9.17, 15) is 14.3 Å². The molecule has 1 N–H and O–H groups in total. The fourth-order valence-electron chi connectivity index (χ4n) is 9.75. The van der Waals surface area contributed by atoms with Crippen molar-refractivity contribution in [1.82, 2.24) is 29.7 Å². The molecule has 1 unspecified atom stereocenters. The van der Waals surface area contributed by atoms with Crippen LogP contribution in [0.3, 0.4) is 0 Å². The van der Waals surface area contributed by atoms with Gasteiger partial charge in [0, 0.05) is 81.0 Å². The lowest BCUT2D eigenvalue weighted by atomic mass is 9.82. The molecule has 6 aromatic rings. The number of thiophene rings is 1. The number of carboxylic acid groups (broad SMARTS) is 1. The fourth-order valence-corrected chi connectivity index (χ4v) is 11.4. The number of halogens is 3. The summed E-state index contributed by atoms with van der Waals surface area (Å²) in [5, 5.41) is 12.0. The highest BCUT2D eigenvalue weighted by molar-refractivity contribution is 7.22. The predicted octanol–water partition coefficient (Wildman–Crippen LogP) is 9.87.